The Morgan fingerprint density at radius 1 is 1.35 bits per heavy atom. The van der Waals surface area contributed by atoms with Crippen molar-refractivity contribution in [2.24, 2.45) is 5.92 Å². The summed E-state index contributed by atoms with van der Waals surface area (Å²) in [5, 5.41) is 3.29. The minimum absolute atomic E-state index is 0.0266. The number of rotatable bonds is 1. The first kappa shape index (κ1) is 13.8. The zero-order chi connectivity index (χ0) is 14.2. The van der Waals surface area contributed by atoms with Crippen LogP contribution in [0.5, 0.6) is 0 Å². The number of piperidine rings is 1. The highest BCUT2D eigenvalue weighted by Crippen LogP contribution is 2.30. The van der Waals surface area contributed by atoms with Gasteiger partial charge in [-0.15, -0.1) is 0 Å². The van der Waals surface area contributed by atoms with Crippen molar-refractivity contribution >= 4 is 11.8 Å². The molecule has 1 atom stereocenters. The summed E-state index contributed by atoms with van der Waals surface area (Å²) >= 11 is 0. The lowest BCUT2D eigenvalue weighted by atomic mass is 9.96. The molecule has 3 rings (SSSR count). The molecule has 6 nitrogen and oxygen atoms in total. The molecule has 0 aliphatic carbocycles. The van der Waals surface area contributed by atoms with Gasteiger partial charge in [-0.25, -0.2) is 0 Å². The van der Waals surface area contributed by atoms with E-state index in [1.54, 1.807) is 4.90 Å². The number of likely N-dealkylation sites (N-methyl/N-ethyl adjacent to an activating group) is 1. The lowest BCUT2D eigenvalue weighted by Gasteiger charge is -2.38. The van der Waals surface area contributed by atoms with Gasteiger partial charge in [0.15, 0.2) is 0 Å². The van der Waals surface area contributed by atoms with Crippen molar-refractivity contribution in [3.8, 4) is 0 Å². The SMILES string of the molecule is CN1CC2(CCN(C(=O)C3CCNCC3)C2)OCC1=O. The summed E-state index contributed by atoms with van der Waals surface area (Å²) in [5.41, 5.74) is -0.328. The average Bonchev–Trinajstić information content (AvgIpc) is 2.88. The topological polar surface area (TPSA) is 61.9 Å². The summed E-state index contributed by atoms with van der Waals surface area (Å²) in [5.74, 6) is 0.458. The Hall–Kier alpha value is -1.14. The number of likely N-dealkylation sites (tertiary alicyclic amines) is 1. The second kappa shape index (κ2) is 5.33. The van der Waals surface area contributed by atoms with E-state index in [-0.39, 0.29) is 29.9 Å². The van der Waals surface area contributed by atoms with Crippen molar-refractivity contribution in [3.05, 3.63) is 0 Å². The Kier molecular flexibility index (Phi) is 3.69. The maximum atomic E-state index is 12.5. The molecule has 0 radical (unpaired) electrons. The molecule has 0 aromatic rings. The lowest BCUT2D eigenvalue weighted by molar-refractivity contribution is -0.160. The van der Waals surface area contributed by atoms with Gasteiger partial charge in [0.2, 0.25) is 11.8 Å². The summed E-state index contributed by atoms with van der Waals surface area (Å²) in [7, 11) is 1.81. The zero-order valence-corrected chi connectivity index (χ0v) is 12.1. The van der Waals surface area contributed by atoms with E-state index in [9.17, 15) is 9.59 Å². The average molecular weight is 281 g/mol. The largest absolute Gasteiger partial charge is 0.361 e. The fourth-order valence-electron chi connectivity index (χ4n) is 3.50. The minimum Gasteiger partial charge on any atom is -0.361 e. The maximum absolute atomic E-state index is 12.5. The third kappa shape index (κ3) is 2.54. The fraction of sp³-hybridized carbons (Fsp3) is 0.857. The van der Waals surface area contributed by atoms with Crippen molar-refractivity contribution in [1.29, 1.82) is 0 Å². The number of carbonyl (C=O) groups excluding carboxylic acids is 2. The van der Waals surface area contributed by atoms with Gasteiger partial charge in [-0.1, -0.05) is 0 Å². The van der Waals surface area contributed by atoms with Gasteiger partial charge in [0.05, 0.1) is 13.1 Å². The van der Waals surface area contributed by atoms with Crippen molar-refractivity contribution < 1.29 is 14.3 Å². The number of hydrogen-bond acceptors (Lipinski definition) is 4. The normalized spacial score (nSPS) is 32.1. The van der Waals surface area contributed by atoms with Crippen LogP contribution in [0.3, 0.4) is 0 Å². The van der Waals surface area contributed by atoms with Crippen molar-refractivity contribution in [2.75, 3.05) is 46.4 Å². The van der Waals surface area contributed by atoms with Crippen LogP contribution in [-0.2, 0) is 14.3 Å². The lowest BCUT2D eigenvalue weighted by Crippen LogP contribution is -2.55. The smallest absolute Gasteiger partial charge is 0.248 e. The summed E-state index contributed by atoms with van der Waals surface area (Å²) < 4.78 is 5.78. The quantitative estimate of drug-likeness (QED) is 0.700. The van der Waals surface area contributed by atoms with Crippen molar-refractivity contribution in [1.82, 2.24) is 15.1 Å². The van der Waals surface area contributed by atoms with Crippen molar-refractivity contribution in [3.63, 3.8) is 0 Å². The van der Waals surface area contributed by atoms with Crippen LogP contribution >= 0.6 is 0 Å². The van der Waals surface area contributed by atoms with Crippen LogP contribution in [0.4, 0.5) is 0 Å². The van der Waals surface area contributed by atoms with Crippen LogP contribution < -0.4 is 5.32 Å². The van der Waals surface area contributed by atoms with Gasteiger partial charge in [-0.3, -0.25) is 9.59 Å². The molecule has 0 aromatic carbocycles. The van der Waals surface area contributed by atoms with Crippen LogP contribution in [0.2, 0.25) is 0 Å². The molecule has 20 heavy (non-hydrogen) atoms. The molecule has 0 bridgehead atoms. The number of hydrogen-bond donors (Lipinski definition) is 1. The van der Waals surface area contributed by atoms with Gasteiger partial charge in [0.25, 0.3) is 0 Å². The summed E-state index contributed by atoms with van der Waals surface area (Å²) in [6, 6.07) is 0. The van der Waals surface area contributed by atoms with Crippen LogP contribution in [0.15, 0.2) is 0 Å². The first-order valence-corrected chi connectivity index (χ1v) is 7.47. The van der Waals surface area contributed by atoms with Crippen LogP contribution in [0.25, 0.3) is 0 Å². The Bertz CT molecular complexity index is 408. The Labute approximate surface area is 119 Å². The second-order valence-electron chi connectivity index (χ2n) is 6.26. The van der Waals surface area contributed by atoms with E-state index in [1.807, 2.05) is 11.9 Å². The first-order chi connectivity index (χ1) is 9.60. The molecule has 1 spiro atoms. The monoisotopic (exact) mass is 281 g/mol. The molecular formula is C14H23N3O3. The number of nitrogens with zero attached hydrogens (tertiary/aromatic N) is 2. The predicted molar refractivity (Wildman–Crippen MR) is 73.1 cm³/mol. The van der Waals surface area contributed by atoms with E-state index < -0.39 is 0 Å². The van der Waals surface area contributed by atoms with Gasteiger partial charge >= 0.3 is 0 Å². The Morgan fingerprint density at radius 3 is 2.80 bits per heavy atom. The standard InChI is InChI=1S/C14H23N3O3/c1-16-9-14(20-8-12(16)18)4-7-17(10-14)13(19)11-2-5-15-6-3-11/h11,15H,2-10H2,1H3. The molecule has 3 heterocycles. The third-order valence-electron chi connectivity index (χ3n) is 4.77. The fourth-order valence-corrected chi connectivity index (χ4v) is 3.50. The molecule has 3 aliphatic rings. The van der Waals surface area contributed by atoms with E-state index in [1.165, 1.54) is 0 Å². The molecule has 2 amide bonds. The van der Waals surface area contributed by atoms with Gasteiger partial charge in [0.1, 0.15) is 12.2 Å². The van der Waals surface area contributed by atoms with E-state index in [4.69, 9.17) is 4.74 Å². The summed E-state index contributed by atoms with van der Waals surface area (Å²) in [6.07, 6.45) is 2.70. The van der Waals surface area contributed by atoms with Crippen LogP contribution in [0, 0.1) is 5.92 Å². The number of carbonyl (C=O) groups is 2. The minimum atomic E-state index is -0.328. The molecule has 0 aromatic heterocycles. The van der Waals surface area contributed by atoms with E-state index in [0.717, 1.165) is 38.9 Å². The van der Waals surface area contributed by atoms with Crippen molar-refractivity contribution in [2.45, 2.75) is 24.9 Å². The second-order valence-corrected chi connectivity index (χ2v) is 6.26. The zero-order valence-electron chi connectivity index (χ0n) is 12.1. The van der Waals surface area contributed by atoms with Crippen LogP contribution in [0.1, 0.15) is 19.3 Å². The highest BCUT2D eigenvalue weighted by Gasteiger charge is 2.46. The highest BCUT2D eigenvalue weighted by atomic mass is 16.5. The van der Waals surface area contributed by atoms with Gasteiger partial charge in [0, 0.05) is 19.5 Å². The molecular weight excluding hydrogens is 258 g/mol. The Balaban J connectivity index is 1.61. The number of nitrogens with one attached hydrogen (secondary N) is 1. The number of amides is 2. The Morgan fingerprint density at radius 2 is 2.10 bits per heavy atom. The molecule has 1 unspecified atom stereocenters. The molecule has 3 saturated heterocycles. The van der Waals surface area contributed by atoms with Crippen LogP contribution in [-0.4, -0.2) is 73.6 Å². The van der Waals surface area contributed by atoms with Gasteiger partial charge < -0.3 is 19.9 Å². The summed E-state index contributed by atoms with van der Waals surface area (Å²) in [4.78, 5) is 27.7. The van der Waals surface area contributed by atoms with E-state index in [2.05, 4.69) is 5.32 Å². The molecule has 3 aliphatic heterocycles. The predicted octanol–water partition coefficient (Wildman–Crippen LogP) is -0.554. The van der Waals surface area contributed by atoms with E-state index >= 15 is 0 Å². The molecule has 112 valence electrons. The number of ether oxygens (including phenoxy) is 1. The molecule has 3 fully saturated rings. The summed E-state index contributed by atoms with van der Waals surface area (Å²) in [6.45, 7) is 4.00. The first-order valence-electron chi connectivity index (χ1n) is 7.47. The highest BCUT2D eigenvalue weighted by molar-refractivity contribution is 5.80. The van der Waals surface area contributed by atoms with E-state index in [0.29, 0.717) is 13.1 Å². The van der Waals surface area contributed by atoms with Gasteiger partial charge in [-0.2, -0.15) is 0 Å². The number of morpholine rings is 1. The third-order valence-corrected chi connectivity index (χ3v) is 4.77. The molecule has 0 saturated carbocycles. The molecule has 6 heteroatoms. The van der Waals surface area contributed by atoms with Gasteiger partial charge in [-0.05, 0) is 32.4 Å². The molecule has 1 N–H and O–H groups in total. The maximum Gasteiger partial charge on any atom is 0.248 e.